The first-order chi connectivity index (χ1) is 17.3. The number of hydrogen-bond acceptors (Lipinski definition) is 3. The van der Waals surface area contributed by atoms with Gasteiger partial charge < -0.3 is 15.1 Å². The number of halogens is 1. The van der Waals surface area contributed by atoms with Crippen LogP contribution >= 0.6 is 15.9 Å². The maximum absolute atomic E-state index is 13.4. The Labute approximate surface area is 220 Å². The van der Waals surface area contributed by atoms with Crippen LogP contribution in [0, 0.1) is 5.92 Å². The molecular weight excluding hydrogens is 518 g/mol. The molecule has 0 fully saturated rings. The van der Waals surface area contributed by atoms with Gasteiger partial charge in [0.2, 0.25) is 11.8 Å². The normalized spacial score (nSPS) is 13.4. The Hall–Kier alpha value is -3.19. The number of rotatable bonds is 10. The van der Waals surface area contributed by atoms with Crippen LogP contribution in [0.3, 0.4) is 0 Å². The van der Waals surface area contributed by atoms with Crippen LogP contribution < -0.4 is 10.2 Å². The average Bonchev–Trinajstić information content (AvgIpc) is 3.14. The smallest absolute Gasteiger partial charge is 0.258 e. The minimum Gasteiger partial charge on any atom is -0.354 e. The van der Waals surface area contributed by atoms with E-state index in [4.69, 9.17) is 0 Å². The number of anilines is 1. The van der Waals surface area contributed by atoms with Gasteiger partial charge in [0.15, 0.2) is 0 Å². The SMILES string of the molecule is CC(C)CNC(=O)[C@@H](C)N(Cc1ccc(Br)cc1)C(=O)CCCN1C(=O)c2cccc3cccc1c23. The maximum Gasteiger partial charge on any atom is 0.258 e. The molecule has 36 heavy (non-hydrogen) atoms. The van der Waals surface area contributed by atoms with Crippen LogP contribution in [-0.2, 0) is 16.1 Å². The minimum atomic E-state index is -0.605. The lowest BCUT2D eigenvalue weighted by Gasteiger charge is -2.29. The zero-order chi connectivity index (χ0) is 25.8. The van der Waals surface area contributed by atoms with E-state index in [1.807, 2.05) is 74.5 Å². The number of amides is 3. The van der Waals surface area contributed by atoms with E-state index < -0.39 is 6.04 Å². The summed E-state index contributed by atoms with van der Waals surface area (Å²) in [6, 6.07) is 18.8. The highest BCUT2D eigenvalue weighted by Gasteiger charge is 2.30. The molecule has 0 bridgehead atoms. The van der Waals surface area contributed by atoms with Gasteiger partial charge in [-0.15, -0.1) is 0 Å². The van der Waals surface area contributed by atoms with Gasteiger partial charge in [0.1, 0.15) is 6.04 Å². The van der Waals surface area contributed by atoms with E-state index in [-0.39, 0.29) is 24.1 Å². The van der Waals surface area contributed by atoms with Crippen LogP contribution in [0.25, 0.3) is 10.8 Å². The molecule has 0 saturated carbocycles. The molecule has 1 heterocycles. The number of hydrogen-bond donors (Lipinski definition) is 1. The Kier molecular flexibility index (Phi) is 8.09. The van der Waals surface area contributed by atoms with Crippen LogP contribution in [-0.4, -0.2) is 41.8 Å². The molecule has 3 aromatic carbocycles. The van der Waals surface area contributed by atoms with Gasteiger partial charge in [-0.2, -0.15) is 0 Å². The zero-order valence-corrected chi connectivity index (χ0v) is 22.5. The molecular formula is C29H32BrN3O3. The third kappa shape index (κ3) is 5.62. The zero-order valence-electron chi connectivity index (χ0n) is 21.0. The second-order valence-corrected chi connectivity index (χ2v) is 10.6. The van der Waals surface area contributed by atoms with Gasteiger partial charge in [-0.1, -0.05) is 66.2 Å². The standard InChI is InChI=1S/C29H32BrN3O3/c1-19(2)17-31-28(35)20(3)33(18-21-12-14-23(30)15-13-21)26(34)11-6-16-32-25-10-5-8-22-7-4-9-24(27(22)25)29(32)36/h4-5,7-10,12-15,19-20H,6,11,16-18H2,1-3H3,(H,31,35)/t20-/m1/s1. The van der Waals surface area contributed by atoms with Gasteiger partial charge in [-0.25, -0.2) is 0 Å². The summed E-state index contributed by atoms with van der Waals surface area (Å²) < 4.78 is 0.957. The lowest BCUT2D eigenvalue weighted by atomic mass is 10.1. The van der Waals surface area contributed by atoms with Crippen molar-refractivity contribution in [3.8, 4) is 0 Å². The molecule has 1 atom stereocenters. The van der Waals surface area contributed by atoms with E-state index in [2.05, 4.69) is 21.2 Å². The Morgan fingerprint density at radius 1 is 1.00 bits per heavy atom. The van der Waals surface area contributed by atoms with Gasteiger partial charge in [0.05, 0.1) is 5.69 Å². The van der Waals surface area contributed by atoms with Crippen molar-refractivity contribution in [2.24, 2.45) is 5.92 Å². The molecule has 0 radical (unpaired) electrons. The Bertz CT molecular complexity index is 1270. The molecule has 4 rings (SSSR count). The Balaban J connectivity index is 1.45. The third-order valence-electron chi connectivity index (χ3n) is 6.54. The summed E-state index contributed by atoms with van der Waals surface area (Å²) in [5.41, 5.74) is 2.56. The molecule has 1 aliphatic heterocycles. The van der Waals surface area contributed by atoms with Crippen molar-refractivity contribution < 1.29 is 14.4 Å². The molecule has 6 nitrogen and oxygen atoms in total. The fourth-order valence-corrected chi connectivity index (χ4v) is 4.82. The van der Waals surface area contributed by atoms with Crippen LogP contribution in [0.15, 0.2) is 65.1 Å². The first-order valence-corrected chi connectivity index (χ1v) is 13.2. The number of nitrogens with one attached hydrogen (secondary N) is 1. The molecule has 0 unspecified atom stereocenters. The van der Waals surface area contributed by atoms with Gasteiger partial charge in [-0.3, -0.25) is 14.4 Å². The second-order valence-electron chi connectivity index (χ2n) is 9.70. The fourth-order valence-electron chi connectivity index (χ4n) is 4.55. The topological polar surface area (TPSA) is 69.7 Å². The number of benzene rings is 3. The number of nitrogens with zero attached hydrogens (tertiary/aromatic N) is 2. The summed E-state index contributed by atoms with van der Waals surface area (Å²) in [6.45, 7) is 7.19. The predicted molar refractivity (Wildman–Crippen MR) is 147 cm³/mol. The summed E-state index contributed by atoms with van der Waals surface area (Å²) in [6.07, 6.45) is 0.751. The van der Waals surface area contributed by atoms with Crippen molar-refractivity contribution in [2.45, 2.75) is 46.2 Å². The van der Waals surface area contributed by atoms with E-state index in [0.29, 0.717) is 37.5 Å². The summed E-state index contributed by atoms with van der Waals surface area (Å²) in [5.74, 6) is 0.0317. The summed E-state index contributed by atoms with van der Waals surface area (Å²) in [7, 11) is 0. The molecule has 188 valence electrons. The number of carbonyl (C=O) groups excluding carboxylic acids is 3. The van der Waals surface area contributed by atoms with Gasteiger partial charge in [0.25, 0.3) is 5.91 Å². The average molecular weight is 550 g/mol. The molecule has 0 aromatic heterocycles. The summed E-state index contributed by atoms with van der Waals surface area (Å²) in [4.78, 5) is 42.7. The molecule has 3 aromatic rings. The Morgan fingerprint density at radius 3 is 2.39 bits per heavy atom. The van der Waals surface area contributed by atoms with E-state index in [9.17, 15) is 14.4 Å². The van der Waals surface area contributed by atoms with Crippen molar-refractivity contribution >= 4 is 50.1 Å². The molecule has 1 aliphatic rings. The van der Waals surface area contributed by atoms with Crippen LogP contribution in [0.4, 0.5) is 5.69 Å². The molecule has 7 heteroatoms. The van der Waals surface area contributed by atoms with E-state index in [0.717, 1.165) is 26.5 Å². The van der Waals surface area contributed by atoms with E-state index in [1.165, 1.54) is 0 Å². The van der Waals surface area contributed by atoms with Crippen molar-refractivity contribution in [2.75, 3.05) is 18.0 Å². The first-order valence-electron chi connectivity index (χ1n) is 12.4. The third-order valence-corrected chi connectivity index (χ3v) is 7.07. The van der Waals surface area contributed by atoms with Crippen molar-refractivity contribution in [1.29, 1.82) is 0 Å². The molecule has 0 spiro atoms. The minimum absolute atomic E-state index is 0.0256. The van der Waals surface area contributed by atoms with Crippen LogP contribution in [0.1, 0.15) is 49.5 Å². The second kappa shape index (κ2) is 11.2. The van der Waals surface area contributed by atoms with Gasteiger partial charge >= 0.3 is 0 Å². The number of carbonyl (C=O) groups is 3. The van der Waals surface area contributed by atoms with Gasteiger partial charge in [0, 0.05) is 41.5 Å². The highest BCUT2D eigenvalue weighted by molar-refractivity contribution is 9.10. The van der Waals surface area contributed by atoms with Crippen LogP contribution in [0.5, 0.6) is 0 Å². The lowest BCUT2D eigenvalue weighted by Crippen LogP contribution is -2.48. The monoisotopic (exact) mass is 549 g/mol. The Morgan fingerprint density at radius 2 is 1.69 bits per heavy atom. The highest BCUT2D eigenvalue weighted by atomic mass is 79.9. The van der Waals surface area contributed by atoms with E-state index >= 15 is 0 Å². The van der Waals surface area contributed by atoms with E-state index in [1.54, 1.807) is 16.7 Å². The largest absolute Gasteiger partial charge is 0.354 e. The maximum atomic E-state index is 13.4. The van der Waals surface area contributed by atoms with Crippen LogP contribution in [0.2, 0.25) is 0 Å². The lowest BCUT2D eigenvalue weighted by molar-refractivity contribution is -0.140. The van der Waals surface area contributed by atoms with Crippen molar-refractivity contribution in [3.05, 3.63) is 76.3 Å². The highest BCUT2D eigenvalue weighted by Crippen LogP contribution is 2.37. The van der Waals surface area contributed by atoms with Crippen molar-refractivity contribution in [1.82, 2.24) is 10.2 Å². The quantitative estimate of drug-likeness (QED) is 0.361. The molecule has 3 amide bonds. The molecule has 0 aliphatic carbocycles. The first kappa shape index (κ1) is 25.9. The molecule has 1 N–H and O–H groups in total. The van der Waals surface area contributed by atoms with Crippen molar-refractivity contribution in [3.63, 3.8) is 0 Å². The predicted octanol–water partition coefficient (Wildman–Crippen LogP) is 5.53. The summed E-state index contributed by atoms with van der Waals surface area (Å²) in [5, 5.41) is 4.96. The van der Waals surface area contributed by atoms with Gasteiger partial charge in [-0.05, 0) is 54.5 Å². The molecule has 0 saturated heterocycles. The summed E-state index contributed by atoms with van der Waals surface area (Å²) >= 11 is 3.44. The fraction of sp³-hybridized carbons (Fsp3) is 0.345.